The van der Waals surface area contributed by atoms with E-state index in [2.05, 4.69) is 10.3 Å². The molecule has 2 heterocycles. The van der Waals surface area contributed by atoms with Crippen molar-refractivity contribution in [1.82, 2.24) is 4.98 Å². The second kappa shape index (κ2) is 10.3. The smallest absolute Gasteiger partial charge is 0.337 e. The zero-order chi connectivity index (χ0) is 22.4. The Morgan fingerprint density at radius 3 is 2.52 bits per heavy atom. The number of nitrogens with zero attached hydrogens (tertiary/aromatic N) is 1. The predicted octanol–water partition coefficient (Wildman–Crippen LogP) is 5.16. The Morgan fingerprint density at radius 1 is 1.13 bits per heavy atom. The van der Waals surface area contributed by atoms with Crippen LogP contribution < -0.4 is 14.8 Å². The van der Waals surface area contributed by atoms with Crippen LogP contribution in [-0.2, 0) is 6.42 Å². The summed E-state index contributed by atoms with van der Waals surface area (Å²) in [6.45, 7) is 4.20. The minimum Gasteiger partial charge on any atom is -0.493 e. The molecule has 162 valence electrons. The summed E-state index contributed by atoms with van der Waals surface area (Å²) < 4.78 is 12.3. The number of pyridine rings is 1. The number of nitrogens with one attached hydrogen (secondary N) is 1. The van der Waals surface area contributed by atoms with Crippen LogP contribution in [0.4, 0.5) is 5.82 Å². The highest BCUT2D eigenvalue weighted by Gasteiger charge is 2.13. The molecule has 0 bridgehead atoms. The molecule has 9 heteroatoms. The number of aromatic nitrogens is 1. The third-order valence-electron chi connectivity index (χ3n) is 4.01. The lowest BCUT2D eigenvalue weighted by Gasteiger charge is -2.14. The molecule has 0 saturated heterocycles. The van der Waals surface area contributed by atoms with Gasteiger partial charge in [-0.05, 0) is 50.2 Å². The number of halogens is 1. The highest BCUT2D eigenvalue weighted by molar-refractivity contribution is 7.16. The van der Waals surface area contributed by atoms with E-state index in [1.54, 1.807) is 18.2 Å². The molecular weight excluding hydrogens is 440 g/mol. The van der Waals surface area contributed by atoms with Crippen LogP contribution in [0.3, 0.4) is 0 Å². The van der Waals surface area contributed by atoms with Gasteiger partial charge in [-0.25, -0.2) is 9.78 Å². The van der Waals surface area contributed by atoms with E-state index in [-0.39, 0.29) is 17.5 Å². The normalized spacial score (nSPS) is 10.7. The maximum absolute atomic E-state index is 12.7. The van der Waals surface area contributed by atoms with Crippen molar-refractivity contribution in [3.05, 3.63) is 69.0 Å². The molecule has 0 aliphatic rings. The maximum Gasteiger partial charge on any atom is 0.337 e. The molecule has 0 aliphatic heterocycles. The average Bonchev–Trinajstić information content (AvgIpc) is 3.12. The SMILES string of the molecule is CC(C)Oc1cc(OCCc2ccc(Cl)s2)cc(C(=O)Nc2ccc(C(=O)O)cn2)c1. The minimum absolute atomic E-state index is 0.0352. The molecule has 0 atom stereocenters. The number of carboxylic acid groups (broad SMARTS) is 1. The number of ether oxygens (including phenoxy) is 2. The number of thiophene rings is 1. The molecule has 2 N–H and O–H groups in total. The van der Waals surface area contributed by atoms with Gasteiger partial charge >= 0.3 is 5.97 Å². The number of rotatable bonds is 9. The molecule has 7 nitrogen and oxygen atoms in total. The summed E-state index contributed by atoms with van der Waals surface area (Å²) in [6, 6.07) is 11.6. The summed E-state index contributed by atoms with van der Waals surface area (Å²) in [5.74, 6) is -0.261. The van der Waals surface area contributed by atoms with Gasteiger partial charge in [0.1, 0.15) is 17.3 Å². The Kier molecular flexibility index (Phi) is 7.49. The van der Waals surface area contributed by atoms with Crippen molar-refractivity contribution in [1.29, 1.82) is 0 Å². The highest BCUT2D eigenvalue weighted by Crippen LogP contribution is 2.26. The molecule has 1 aromatic carbocycles. The number of anilines is 1. The van der Waals surface area contributed by atoms with Crippen LogP contribution in [0.5, 0.6) is 11.5 Å². The zero-order valence-corrected chi connectivity index (χ0v) is 18.5. The quantitative estimate of drug-likeness (QED) is 0.458. The van der Waals surface area contributed by atoms with E-state index in [0.717, 1.165) is 9.21 Å². The molecule has 0 fully saturated rings. The summed E-state index contributed by atoms with van der Waals surface area (Å²) in [5, 5.41) is 11.6. The zero-order valence-electron chi connectivity index (χ0n) is 16.9. The first-order valence-electron chi connectivity index (χ1n) is 9.49. The van der Waals surface area contributed by atoms with Crippen molar-refractivity contribution in [3.63, 3.8) is 0 Å². The fraction of sp³-hybridized carbons (Fsp3) is 0.227. The van der Waals surface area contributed by atoms with E-state index in [0.29, 0.717) is 30.1 Å². The largest absolute Gasteiger partial charge is 0.493 e. The van der Waals surface area contributed by atoms with Gasteiger partial charge in [0.15, 0.2) is 0 Å². The van der Waals surface area contributed by atoms with Crippen molar-refractivity contribution in [2.75, 3.05) is 11.9 Å². The van der Waals surface area contributed by atoms with Crippen molar-refractivity contribution < 1.29 is 24.2 Å². The highest BCUT2D eigenvalue weighted by atomic mass is 35.5. The molecule has 1 amide bonds. The summed E-state index contributed by atoms with van der Waals surface area (Å²) >= 11 is 7.45. The summed E-state index contributed by atoms with van der Waals surface area (Å²) in [7, 11) is 0. The lowest BCUT2D eigenvalue weighted by Crippen LogP contribution is -2.14. The van der Waals surface area contributed by atoms with Crippen LogP contribution in [0.25, 0.3) is 0 Å². The van der Waals surface area contributed by atoms with E-state index in [9.17, 15) is 9.59 Å². The van der Waals surface area contributed by atoms with Crippen LogP contribution in [-0.4, -0.2) is 34.7 Å². The van der Waals surface area contributed by atoms with Crippen LogP contribution in [0, 0.1) is 0 Å². The van der Waals surface area contributed by atoms with Gasteiger partial charge in [0, 0.05) is 29.1 Å². The Bertz CT molecular complexity index is 1070. The van der Waals surface area contributed by atoms with Gasteiger partial charge in [-0.1, -0.05) is 11.6 Å². The molecule has 0 radical (unpaired) electrons. The molecule has 0 saturated carbocycles. The second-order valence-corrected chi connectivity index (χ2v) is 8.66. The first-order valence-corrected chi connectivity index (χ1v) is 10.7. The van der Waals surface area contributed by atoms with Gasteiger partial charge in [0.05, 0.1) is 22.6 Å². The van der Waals surface area contributed by atoms with Gasteiger partial charge < -0.3 is 19.9 Å². The third-order valence-corrected chi connectivity index (χ3v) is 5.30. The second-order valence-electron chi connectivity index (χ2n) is 6.86. The summed E-state index contributed by atoms with van der Waals surface area (Å²) in [5.41, 5.74) is 0.365. The van der Waals surface area contributed by atoms with Crippen molar-refractivity contribution >= 4 is 40.6 Å². The molecule has 0 unspecified atom stereocenters. The lowest BCUT2D eigenvalue weighted by molar-refractivity contribution is 0.0696. The molecule has 3 aromatic rings. The third kappa shape index (κ3) is 6.70. The van der Waals surface area contributed by atoms with Crippen LogP contribution in [0.1, 0.15) is 39.4 Å². The number of carbonyl (C=O) groups is 2. The van der Waals surface area contributed by atoms with Crippen LogP contribution in [0.15, 0.2) is 48.7 Å². The van der Waals surface area contributed by atoms with E-state index >= 15 is 0 Å². The average molecular weight is 461 g/mol. The van der Waals surface area contributed by atoms with E-state index in [1.165, 1.54) is 29.7 Å². The number of benzene rings is 1. The molecule has 2 aromatic heterocycles. The first-order chi connectivity index (χ1) is 14.8. The Labute approximate surface area is 188 Å². The Morgan fingerprint density at radius 2 is 1.90 bits per heavy atom. The molecule has 0 aliphatic carbocycles. The number of hydrogen-bond donors (Lipinski definition) is 2. The van der Waals surface area contributed by atoms with E-state index in [1.807, 2.05) is 26.0 Å². The lowest BCUT2D eigenvalue weighted by atomic mass is 10.2. The Hall–Kier alpha value is -3.10. The molecular formula is C22H21ClN2O5S. The van der Waals surface area contributed by atoms with E-state index < -0.39 is 11.9 Å². The fourth-order valence-electron chi connectivity index (χ4n) is 2.66. The maximum atomic E-state index is 12.7. The Balaban J connectivity index is 1.73. The van der Waals surface area contributed by atoms with Crippen molar-refractivity contribution in [2.45, 2.75) is 26.4 Å². The first kappa shape index (κ1) is 22.6. The monoisotopic (exact) mass is 460 g/mol. The van der Waals surface area contributed by atoms with Gasteiger partial charge in [-0.15, -0.1) is 11.3 Å². The number of aromatic carboxylic acids is 1. The molecule has 3 rings (SSSR count). The summed E-state index contributed by atoms with van der Waals surface area (Å²) in [6.07, 6.45) is 1.79. The van der Waals surface area contributed by atoms with Crippen LogP contribution in [0.2, 0.25) is 4.34 Å². The van der Waals surface area contributed by atoms with Crippen molar-refractivity contribution in [2.24, 2.45) is 0 Å². The number of amides is 1. The van der Waals surface area contributed by atoms with E-state index in [4.69, 9.17) is 26.2 Å². The van der Waals surface area contributed by atoms with Gasteiger partial charge in [-0.2, -0.15) is 0 Å². The molecule has 31 heavy (non-hydrogen) atoms. The standard InChI is InChI=1S/C22H21ClN2O5S/c1-13(2)30-17-10-15(21(26)25-20-6-3-14(12-24-20)22(27)28)9-16(11-17)29-8-7-18-4-5-19(23)31-18/h3-6,9-13H,7-8H2,1-2H3,(H,27,28)(H,24,25,26). The topological polar surface area (TPSA) is 97.8 Å². The van der Waals surface area contributed by atoms with Crippen molar-refractivity contribution in [3.8, 4) is 11.5 Å². The predicted molar refractivity (Wildman–Crippen MR) is 120 cm³/mol. The fourth-order valence-corrected chi connectivity index (χ4v) is 3.73. The van der Waals surface area contributed by atoms with Gasteiger partial charge in [-0.3, -0.25) is 4.79 Å². The van der Waals surface area contributed by atoms with Crippen LogP contribution >= 0.6 is 22.9 Å². The minimum atomic E-state index is -1.09. The summed E-state index contributed by atoms with van der Waals surface area (Å²) in [4.78, 5) is 28.7. The number of carboxylic acids is 1. The number of carbonyl (C=O) groups excluding carboxylic acids is 1. The molecule has 0 spiro atoms. The van der Waals surface area contributed by atoms with Gasteiger partial charge in [0.25, 0.3) is 5.91 Å². The van der Waals surface area contributed by atoms with Gasteiger partial charge in [0.2, 0.25) is 0 Å². The number of hydrogen-bond acceptors (Lipinski definition) is 6.